The monoisotopic (exact) mass is 310 g/mol. The summed E-state index contributed by atoms with van der Waals surface area (Å²) in [5.74, 6) is 0. The maximum absolute atomic E-state index is 12.8. The first-order chi connectivity index (χ1) is 10.5. The van der Waals surface area contributed by atoms with E-state index in [9.17, 15) is 13.2 Å². The molecular weight excluding hydrogens is 297 g/mol. The van der Waals surface area contributed by atoms with Crippen LogP contribution in [0.5, 0.6) is 6.01 Å². The van der Waals surface area contributed by atoms with E-state index in [1.807, 2.05) is 4.90 Å². The Labute approximate surface area is 124 Å². The highest BCUT2D eigenvalue weighted by Crippen LogP contribution is 2.32. The van der Waals surface area contributed by atoms with Crippen LogP contribution in [-0.4, -0.2) is 28.6 Å². The molecule has 0 saturated heterocycles. The zero-order chi connectivity index (χ0) is 15.7. The Balaban J connectivity index is 1.86. The number of alkyl halides is 3. The molecule has 2 aromatic heterocycles. The van der Waals surface area contributed by atoms with Gasteiger partial charge in [0.25, 0.3) is 0 Å². The van der Waals surface area contributed by atoms with E-state index in [0.29, 0.717) is 31.2 Å². The van der Waals surface area contributed by atoms with Gasteiger partial charge in [-0.05, 0) is 6.07 Å². The number of fused-ring (bicyclic) bond motifs is 1. The summed E-state index contributed by atoms with van der Waals surface area (Å²) in [6.07, 6.45) is 0.131. The van der Waals surface area contributed by atoms with Gasteiger partial charge in [0.1, 0.15) is 0 Å². The molecule has 0 bridgehead atoms. The van der Waals surface area contributed by atoms with Gasteiger partial charge in [-0.15, -0.1) is 0 Å². The Bertz CT molecular complexity index is 690. The lowest BCUT2D eigenvalue weighted by atomic mass is 10.1. The Hall–Kier alpha value is -2.38. The summed E-state index contributed by atoms with van der Waals surface area (Å²) in [6, 6.07) is 1.41. The van der Waals surface area contributed by atoms with Gasteiger partial charge in [0.15, 0.2) is 0 Å². The highest BCUT2D eigenvalue weighted by atomic mass is 19.4. The number of anilines is 1. The number of ether oxygens (including phenoxy) is 1. The molecule has 0 unspecified atom stereocenters. The quantitative estimate of drug-likeness (QED) is 0.853. The summed E-state index contributed by atoms with van der Waals surface area (Å²) in [7, 11) is 1.49. The van der Waals surface area contributed by atoms with E-state index in [2.05, 4.69) is 15.0 Å². The topological polar surface area (TPSA) is 51.1 Å². The average Bonchev–Trinajstić information content (AvgIpc) is 2.53. The second-order valence-electron chi connectivity index (χ2n) is 4.93. The minimum atomic E-state index is -4.40. The molecule has 0 saturated carbocycles. The summed E-state index contributed by atoms with van der Waals surface area (Å²) in [5.41, 5.74) is 1.44. The van der Waals surface area contributed by atoms with Crippen LogP contribution >= 0.6 is 0 Å². The van der Waals surface area contributed by atoms with Crippen LogP contribution < -0.4 is 9.64 Å². The van der Waals surface area contributed by atoms with Crippen LogP contribution in [0.4, 0.5) is 18.9 Å². The van der Waals surface area contributed by atoms with Crippen LogP contribution in [0.2, 0.25) is 0 Å². The number of halogens is 3. The van der Waals surface area contributed by atoms with Crippen molar-refractivity contribution < 1.29 is 17.9 Å². The third-order valence-corrected chi connectivity index (χ3v) is 3.51. The molecule has 5 nitrogen and oxygen atoms in total. The first kappa shape index (κ1) is 14.6. The molecule has 116 valence electrons. The first-order valence-corrected chi connectivity index (χ1v) is 6.63. The molecule has 2 aromatic rings. The summed E-state index contributed by atoms with van der Waals surface area (Å²) in [5, 5.41) is 0. The van der Waals surface area contributed by atoms with Crippen molar-refractivity contribution >= 4 is 5.69 Å². The molecule has 0 aliphatic carbocycles. The van der Waals surface area contributed by atoms with E-state index in [1.54, 1.807) is 6.20 Å². The van der Waals surface area contributed by atoms with E-state index in [0.717, 1.165) is 23.5 Å². The lowest BCUT2D eigenvalue weighted by Gasteiger charge is -2.30. The molecule has 3 heterocycles. The Morgan fingerprint density at radius 1 is 1.23 bits per heavy atom. The van der Waals surface area contributed by atoms with Gasteiger partial charge in [-0.3, -0.25) is 4.98 Å². The van der Waals surface area contributed by atoms with Gasteiger partial charge in [-0.2, -0.15) is 18.2 Å². The zero-order valence-corrected chi connectivity index (χ0v) is 11.8. The summed E-state index contributed by atoms with van der Waals surface area (Å²) >= 11 is 0. The Morgan fingerprint density at radius 2 is 2.05 bits per heavy atom. The second kappa shape index (κ2) is 5.43. The molecule has 1 aliphatic rings. The van der Waals surface area contributed by atoms with Gasteiger partial charge in [-0.1, -0.05) is 0 Å². The third-order valence-electron chi connectivity index (χ3n) is 3.51. The van der Waals surface area contributed by atoms with Gasteiger partial charge in [0.05, 0.1) is 30.3 Å². The standard InChI is InChI=1S/C14H13F3N4O/c1-22-13-19-5-9-8-21(3-2-12(9)20-13)11-4-10(6-18-7-11)14(15,16)17/h4-7H,2-3,8H2,1H3. The molecule has 0 N–H and O–H groups in total. The van der Waals surface area contributed by atoms with Crippen molar-refractivity contribution in [3.8, 4) is 6.01 Å². The summed E-state index contributed by atoms with van der Waals surface area (Å²) < 4.78 is 43.3. The van der Waals surface area contributed by atoms with E-state index < -0.39 is 11.7 Å². The van der Waals surface area contributed by atoms with Crippen LogP contribution in [0.1, 0.15) is 16.8 Å². The Morgan fingerprint density at radius 3 is 2.77 bits per heavy atom. The molecule has 0 spiro atoms. The number of rotatable bonds is 2. The van der Waals surface area contributed by atoms with E-state index in [-0.39, 0.29) is 0 Å². The normalized spacial score (nSPS) is 14.6. The number of aromatic nitrogens is 3. The van der Waals surface area contributed by atoms with Crippen LogP contribution in [0.3, 0.4) is 0 Å². The molecule has 3 rings (SSSR count). The fourth-order valence-electron chi connectivity index (χ4n) is 2.37. The molecular formula is C14H13F3N4O. The highest BCUT2D eigenvalue weighted by Gasteiger charge is 2.31. The molecule has 0 amide bonds. The second-order valence-corrected chi connectivity index (χ2v) is 4.93. The van der Waals surface area contributed by atoms with Crippen molar-refractivity contribution in [1.82, 2.24) is 15.0 Å². The van der Waals surface area contributed by atoms with Gasteiger partial charge >= 0.3 is 12.2 Å². The van der Waals surface area contributed by atoms with Crippen LogP contribution in [-0.2, 0) is 19.1 Å². The van der Waals surface area contributed by atoms with Crippen molar-refractivity contribution in [2.45, 2.75) is 19.1 Å². The van der Waals surface area contributed by atoms with Crippen LogP contribution in [0.25, 0.3) is 0 Å². The molecule has 8 heteroatoms. The molecule has 22 heavy (non-hydrogen) atoms. The lowest BCUT2D eigenvalue weighted by molar-refractivity contribution is -0.137. The van der Waals surface area contributed by atoms with Crippen LogP contribution in [0, 0.1) is 0 Å². The molecule has 0 fully saturated rings. The van der Waals surface area contributed by atoms with Gasteiger partial charge in [0, 0.05) is 37.5 Å². The summed E-state index contributed by atoms with van der Waals surface area (Å²) in [6.45, 7) is 1.01. The number of nitrogens with zero attached hydrogens (tertiary/aromatic N) is 4. The van der Waals surface area contributed by atoms with E-state index in [1.165, 1.54) is 13.3 Å². The molecule has 0 radical (unpaired) electrons. The van der Waals surface area contributed by atoms with Crippen molar-refractivity contribution in [1.29, 1.82) is 0 Å². The van der Waals surface area contributed by atoms with Crippen LogP contribution in [0.15, 0.2) is 24.7 Å². The fourth-order valence-corrected chi connectivity index (χ4v) is 2.37. The maximum atomic E-state index is 12.8. The highest BCUT2D eigenvalue weighted by molar-refractivity contribution is 5.49. The van der Waals surface area contributed by atoms with Gasteiger partial charge < -0.3 is 9.64 Å². The van der Waals surface area contributed by atoms with E-state index >= 15 is 0 Å². The number of methoxy groups -OCH3 is 1. The predicted octanol–water partition coefficient (Wildman–Crippen LogP) is 2.46. The largest absolute Gasteiger partial charge is 0.467 e. The van der Waals surface area contributed by atoms with Gasteiger partial charge in [0.2, 0.25) is 0 Å². The Kier molecular flexibility index (Phi) is 3.59. The van der Waals surface area contributed by atoms with Crippen molar-refractivity contribution in [2.24, 2.45) is 0 Å². The van der Waals surface area contributed by atoms with Gasteiger partial charge in [-0.25, -0.2) is 4.98 Å². The summed E-state index contributed by atoms with van der Waals surface area (Å²) in [4.78, 5) is 13.8. The fraction of sp³-hybridized carbons (Fsp3) is 0.357. The van der Waals surface area contributed by atoms with Crippen molar-refractivity contribution in [3.63, 3.8) is 0 Å². The first-order valence-electron chi connectivity index (χ1n) is 6.63. The third kappa shape index (κ3) is 2.81. The smallest absolute Gasteiger partial charge is 0.417 e. The number of hydrogen-bond donors (Lipinski definition) is 0. The molecule has 0 aromatic carbocycles. The zero-order valence-electron chi connectivity index (χ0n) is 11.8. The van der Waals surface area contributed by atoms with Crippen molar-refractivity contribution in [3.05, 3.63) is 41.5 Å². The van der Waals surface area contributed by atoms with E-state index in [4.69, 9.17) is 4.74 Å². The predicted molar refractivity (Wildman–Crippen MR) is 72.6 cm³/mol. The average molecular weight is 310 g/mol. The number of hydrogen-bond acceptors (Lipinski definition) is 5. The van der Waals surface area contributed by atoms with Crippen molar-refractivity contribution in [2.75, 3.05) is 18.6 Å². The molecule has 0 atom stereocenters. The molecule has 1 aliphatic heterocycles. The lowest BCUT2D eigenvalue weighted by Crippen LogP contribution is -2.31. The SMILES string of the molecule is COc1ncc2c(n1)CCN(c1cncc(C(F)(F)F)c1)C2. The number of pyridine rings is 1. The minimum absolute atomic E-state index is 0.299. The maximum Gasteiger partial charge on any atom is 0.417 e. The minimum Gasteiger partial charge on any atom is -0.467 e.